The maximum absolute atomic E-state index is 13.9. The van der Waals surface area contributed by atoms with E-state index in [0.717, 1.165) is 11.6 Å². The second-order valence-electron chi connectivity index (χ2n) is 8.14. The van der Waals surface area contributed by atoms with E-state index in [1.165, 1.54) is 31.4 Å². The first-order valence-corrected chi connectivity index (χ1v) is 11.1. The van der Waals surface area contributed by atoms with E-state index < -0.39 is 15.8 Å². The van der Waals surface area contributed by atoms with Crippen molar-refractivity contribution in [1.82, 2.24) is 0 Å². The summed E-state index contributed by atoms with van der Waals surface area (Å²) in [4.78, 5) is 12.6. The molecule has 0 aromatic heterocycles. The number of ether oxygens (including phenoxy) is 1. The molecule has 3 rings (SSSR count). The average molecular weight is 442 g/mol. The van der Waals surface area contributed by atoms with Crippen LogP contribution in [0.15, 0.2) is 71.6 Å². The second-order valence-corrected chi connectivity index (χ2v) is 9.82. The Labute approximate surface area is 181 Å². The summed E-state index contributed by atoms with van der Waals surface area (Å²) in [5.41, 5.74) is 2.13. The van der Waals surface area contributed by atoms with E-state index in [4.69, 9.17) is 4.74 Å². The lowest BCUT2D eigenvalue weighted by molar-refractivity contribution is 0.103. The fourth-order valence-corrected chi connectivity index (χ4v) is 4.10. The van der Waals surface area contributed by atoms with E-state index in [-0.39, 0.29) is 27.5 Å². The van der Waals surface area contributed by atoms with E-state index in [1.54, 1.807) is 24.3 Å². The monoisotopic (exact) mass is 441 g/mol. The quantitative estimate of drug-likeness (QED) is 0.536. The Kier molecular flexibility index (Phi) is 6.18. The highest BCUT2D eigenvalue weighted by Gasteiger charge is 2.19. The van der Waals surface area contributed by atoms with Crippen LogP contribution in [0.25, 0.3) is 0 Å². The van der Waals surface area contributed by atoms with Gasteiger partial charge < -0.3 is 4.74 Å². The fourth-order valence-electron chi connectivity index (χ4n) is 3.04. The molecule has 0 amide bonds. The zero-order chi connectivity index (χ0) is 22.8. The minimum absolute atomic E-state index is 0.0271. The van der Waals surface area contributed by atoms with Crippen LogP contribution in [0.4, 0.5) is 10.1 Å². The van der Waals surface area contributed by atoms with Gasteiger partial charge in [-0.1, -0.05) is 57.2 Å². The molecular weight excluding hydrogens is 417 g/mol. The van der Waals surface area contributed by atoms with Crippen LogP contribution in [0, 0.1) is 5.82 Å². The van der Waals surface area contributed by atoms with Gasteiger partial charge >= 0.3 is 0 Å². The SMILES string of the molecule is COc1ccc(S(=O)(=O)Nc2cccc(C(=O)c3ccc(C(C)(C)C)cc3)c2)cc1F. The van der Waals surface area contributed by atoms with Gasteiger partial charge in [0.2, 0.25) is 0 Å². The van der Waals surface area contributed by atoms with Crippen molar-refractivity contribution in [3.8, 4) is 5.75 Å². The normalized spacial score (nSPS) is 11.8. The van der Waals surface area contributed by atoms with Gasteiger partial charge in [-0.25, -0.2) is 12.8 Å². The number of carbonyl (C=O) groups is 1. The van der Waals surface area contributed by atoms with Crippen LogP contribution in [0.2, 0.25) is 0 Å². The molecule has 7 heteroatoms. The van der Waals surface area contributed by atoms with Gasteiger partial charge in [-0.05, 0) is 41.3 Å². The molecule has 5 nitrogen and oxygen atoms in total. The molecule has 0 unspecified atom stereocenters. The summed E-state index contributed by atoms with van der Waals surface area (Å²) in [6.45, 7) is 6.27. The topological polar surface area (TPSA) is 72.5 Å². The lowest BCUT2D eigenvalue weighted by Gasteiger charge is -2.19. The van der Waals surface area contributed by atoms with Crippen LogP contribution in [0.1, 0.15) is 42.3 Å². The number of ketones is 1. The third kappa shape index (κ3) is 5.11. The lowest BCUT2D eigenvalue weighted by atomic mass is 9.86. The molecule has 31 heavy (non-hydrogen) atoms. The molecule has 0 atom stereocenters. The highest BCUT2D eigenvalue weighted by Crippen LogP contribution is 2.25. The molecule has 0 radical (unpaired) electrons. The van der Waals surface area contributed by atoms with Gasteiger partial charge in [0.1, 0.15) is 0 Å². The van der Waals surface area contributed by atoms with Crippen LogP contribution in [0.3, 0.4) is 0 Å². The molecule has 0 heterocycles. The zero-order valence-electron chi connectivity index (χ0n) is 17.8. The van der Waals surface area contributed by atoms with Crippen molar-refractivity contribution in [3.63, 3.8) is 0 Å². The van der Waals surface area contributed by atoms with Crippen molar-refractivity contribution in [3.05, 3.63) is 89.2 Å². The summed E-state index contributed by atoms with van der Waals surface area (Å²) in [5.74, 6) is -1.06. The van der Waals surface area contributed by atoms with Gasteiger partial charge in [0.05, 0.1) is 12.0 Å². The molecule has 0 spiro atoms. The van der Waals surface area contributed by atoms with E-state index in [0.29, 0.717) is 11.1 Å². The summed E-state index contributed by atoms with van der Waals surface area (Å²) < 4.78 is 46.4. The van der Waals surface area contributed by atoms with Gasteiger partial charge in [0.15, 0.2) is 17.3 Å². The standard InChI is InChI=1S/C24H24FNO4S/c1-24(2,3)18-10-8-16(9-11-18)23(27)17-6-5-7-19(14-17)26-31(28,29)20-12-13-22(30-4)21(25)15-20/h5-15,26H,1-4H3. The third-order valence-corrected chi connectivity index (χ3v) is 6.20. The number of benzene rings is 3. The van der Waals surface area contributed by atoms with Crippen molar-refractivity contribution < 1.29 is 22.3 Å². The van der Waals surface area contributed by atoms with Gasteiger partial charge in [0, 0.05) is 16.8 Å². The maximum atomic E-state index is 13.9. The molecule has 162 valence electrons. The van der Waals surface area contributed by atoms with Crippen LogP contribution in [-0.4, -0.2) is 21.3 Å². The highest BCUT2D eigenvalue weighted by atomic mass is 32.2. The van der Waals surface area contributed by atoms with Gasteiger partial charge in [-0.2, -0.15) is 0 Å². The molecule has 1 N–H and O–H groups in total. The van der Waals surface area contributed by atoms with Crippen molar-refractivity contribution in [2.75, 3.05) is 11.8 Å². The molecule has 3 aromatic rings. The van der Waals surface area contributed by atoms with Crippen molar-refractivity contribution in [2.24, 2.45) is 0 Å². The van der Waals surface area contributed by atoms with Crippen LogP contribution in [0.5, 0.6) is 5.75 Å². The smallest absolute Gasteiger partial charge is 0.262 e. The Balaban J connectivity index is 1.84. The van der Waals surface area contributed by atoms with E-state index in [1.807, 2.05) is 12.1 Å². The Bertz CT molecular complexity index is 1210. The average Bonchev–Trinajstić information content (AvgIpc) is 2.72. The molecule has 0 fully saturated rings. The number of nitrogens with one attached hydrogen (secondary N) is 1. The summed E-state index contributed by atoms with van der Waals surface area (Å²) in [7, 11) is -2.75. The molecule has 0 saturated heterocycles. The van der Waals surface area contributed by atoms with Crippen LogP contribution < -0.4 is 9.46 Å². The van der Waals surface area contributed by atoms with Crippen molar-refractivity contribution in [1.29, 1.82) is 0 Å². The minimum Gasteiger partial charge on any atom is -0.494 e. The van der Waals surface area contributed by atoms with Gasteiger partial charge in [-0.3, -0.25) is 9.52 Å². The number of methoxy groups -OCH3 is 1. The molecule has 0 aliphatic heterocycles. The van der Waals surface area contributed by atoms with Crippen molar-refractivity contribution in [2.45, 2.75) is 31.1 Å². The number of hydrogen-bond donors (Lipinski definition) is 1. The number of halogens is 1. The molecule has 0 saturated carbocycles. The highest BCUT2D eigenvalue weighted by molar-refractivity contribution is 7.92. The first-order chi connectivity index (χ1) is 14.5. The maximum Gasteiger partial charge on any atom is 0.262 e. The van der Waals surface area contributed by atoms with E-state index in [2.05, 4.69) is 25.5 Å². The summed E-state index contributed by atoms with van der Waals surface area (Å²) in [6, 6.07) is 16.9. The first kappa shape index (κ1) is 22.5. The van der Waals surface area contributed by atoms with Crippen LogP contribution in [-0.2, 0) is 15.4 Å². The number of rotatable bonds is 6. The zero-order valence-corrected chi connectivity index (χ0v) is 18.6. The van der Waals surface area contributed by atoms with Gasteiger partial charge in [-0.15, -0.1) is 0 Å². The molecular formula is C24H24FNO4S. The summed E-state index contributed by atoms with van der Waals surface area (Å²) in [5, 5.41) is 0. The molecule has 0 aliphatic rings. The third-order valence-electron chi connectivity index (χ3n) is 4.82. The predicted octanol–water partition coefficient (Wildman–Crippen LogP) is 5.16. The Morgan fingerprint density at radius 2 is 1.61 bits per heavy atom. The number of carbonyl (C=O) groups excluding carboxylic acids is 1. The predicted molar refractivity (Wildman–Crippen MR) is 119 cm³/mol. The number of anilines is 1. The Morgan fingerprint density at radius 3 is 2.19 bits per heavy atom. The summed E-state index contributed by atoms with van der Waals surface area (Å²) in [6.07, 6.45) is 0. The van der Waals surface area contributed by atoms with Crippen molar-refractivity contribution >= 4 is 21.5 Å². The van der Waals surface area contributed by atoms with E-state index in [9.17, 15) is 17.6 Å². The molecule has 3 aromatic carbocycles. The van der Waals surface area contributed by atoms with E-state index >= 15 is 0 Å². The lowest BCUT2D eigenvalue weighted by Crippen LogP contribution is -2.14. The largest absolute Gasteiger partial charge is 0.494 e. The Hall–Kier alpha value is -3.19. The molecule has 0 bridgehead atoms. The fraction of sp³-hybridized carbons (Fsp3) is 0.208. The first-order valence-electron chi connectivity index (χ1n) is 9.63. The minimum atomic E-state index is -4.05. The Morgan fingerprint density at radius 1 is 0.935 bits per heavy atom. The second kappa shape index (κ2) is 8.51. The molecule has 0 aliphatic carbocycles. The number of sulfonamides is 1. The summed E-state index contributed by atoms with van der Waals surface area (Å²) >= 11 is 0. The van der Waals surface area contributed by atoms with Gasteiger partial charge in [0.25, 0.3) is 10.0 Å². The number of hydrogen-bond acceptors (Lipinski definition) is 4. The van der Waals surface area contributed by atoms with Crippen LogP contribution >= 0.6 is 0 Å².